The normalized spacial score (nSPS) is 14.8. The van der Waals surface area contributed by atoms with Crippen LogP contribution in [-0.4, -0.2) is 55.1 Å². The Hall–Kier alpha value is -2.38. The Kier molecular flexibility index (Phi) is 7.17. The lowest BCUT2D eigenvalue weighted by atomic mass is 10.2. The van der Waals surface area contributed by atoms with Crippen LogP contribution >= 0.6 is 45.9 Å². The summed E-state index contributed by atoms with van der Waals surface area (Å²) in [6.07, 6.45) is 1.59. The van der Waals surface area contributed by atoms with Crippen LogP contribution in [0.15, 0.2) is 36.5 Å². The predicted molar refractivity (Wildman–Crippen MR) is 147 cm³/mol. The number of aromatic nitrogens is 1. The van der Waals surface area contributed by atoms with E-state index in [1.807, 2.05) is 11.3 Å². The Morgan fingerprint density at radius 2 is 1.89 bits per heavy atom. The molecule has 0 aliphatic carbocycles. The average Bonchev–Trinajstić information content (AvgIpc) is 3.49. The van der Waals surface area contributed by atoms with Crippen molar-refractivity contribution in [3.05, 3.63) is 57.0 Å². The van der Waals surface area contributed by atoms with Crippen LogP contribution in [0.4, 0.5) is 11.4 Å². The molecule has 0 saturated carbocycles. The van der Waals surface area contributed by atoms with Gasteiger partial charge in [-0.25, -0.2) is 0 Å². The second kappa shape index (κ2) is 10.3. The van der Waals surface area contributed by atoms with E-state index in [9.17, 15) is 5.26 Å². The summed E-state index contributed by atoms with van der Waals surface area (Å²) >= 11 is 16.1. The van der Waals surface area contributed by atoms with Crippen molar-refractivity contribution in [1.82, 2.24) is 14.8 Å². The Morgan fingerprint density at radius 1 is 1.09 bits per heavy atom. The van der Waals surface area contributed by atoms with Crippen LogP contribution in [0.25, 0.3) is 20.0 Å². The molecule has 10 heteroatoms. The van der Waals surface area contributed by atoms with Crippen LogP contribution in [0.2, 0.25) is 10.0 Å². The first-order chi connectivity index (χ1) is 16.9. The van der Waals surface area contributed by atoms with Crippen molar-refractivity contribution in [3.8, 4) is 21.6 Å². The molecule has 0 unspecified atom stereocenters. The number of rotatable bonds is 6. The molecule has 35 heavy (non-hydrogen) atoms. The van der Waals surface area contributed by atoms with Gasteiger partial charge in [0.25, 0.3) is 0 Å². The summed E-state index contributed by atoms with van der Waals surface area (Å²) < 4.78 is 6.24. The van der Waals surface area contributed by atoms with Crippen molar-refractivity contribution < 1.29 is 4.74 Å². The molecule has 1 N–H and O–H groups in total. The molecule has 1 aromatic carbocycles. The minimum absolute atomic E-state index is 0.423. The van der Waals surface area contributed by atoms with E-state index in [-0.39, 0.29) is 0 Å². The number of nitrogens with one attached hydrogen (secondary N) is 1. The van der Waals surface area contributed by atoms with E-state index in [0.717, 1.165) is 47.8 Å². The van der Waals surface area contributed by atoms with Gasteiger partial charge in [0.15, 0.2) is 0 Å². The highest BCUT2D eigenvalue weighted by Gasteiger charge is 2.18. The number of methoxy groups -OCH3 is 1. The molecule has 1 aliphatic heterocycles. The zero-order valence-electron chi connectivity index (χ0n) is 19.3. The predicted octanol–water partition coefficient (Wildman–Crippen LogP) is 6.70. The molecular weight excluding hydrogens is 521 g/mol. The van der Waals surface area contributed by atoms with E-state index in [2.05, 4.69) is 51.4 Å². The van der Waals surface area contributed by atoms with Gasteiger partial charge < -0.3 is 15.0 Å². The second-order valence-corrected chi connectivity index (χ2v) is 11.5. The number of halogens is 2. The molecule has 6 nitrogen and oxygen atoms in total. The van der Waals surface area contributed by atoms with E-state index in [1.165, 1.54) is 9.75 Å². The van der Waals surface area contributed by atoms with Gasteiger partial charge in [0.2, 0.25) is 0 Å². The first kappa shape index (κ1) is 24.3. The fourth-order valence-electron chi connectivity index (χ4n) is 4.05. The monoisotopic (exact) mass is 543 g/mol. The summed E-state index contributed by atoms with van der Waals surface area (Å²) in [5.74, 6) is 0.501. The average molecular weight is 545 g/mol. The first-order valence-corrected chi connectivity index (χ1v) is 13.5. The third kappa shape index (κ3) is 5.12. The molecule has 5 rings (SSSR count). The molecule has 0 atom stereocenters. The van der Waals surface area contributed by atoms with Gasteiger partial charge in [-0.1, -0.05) is 23.2 Å². The van der Waals surface area contributed by atoms with Gasteiger partial charge in [-0.2, -0.15) is 5.26 Å². The molecule has 1 aliphatic rings. The van der Waals surface area contributed by atoms with Crippen LogP contribution in [0, 0.1) is 11.3 Å². The lowest BCUT2D eigenvalue weighted by molar-refractivity contribution is 0.149. The van der Waals surface area contributed by atoms with Crippen LogP contribution in [0.1, 0.15) is 10.4 Å². The lowest BCUT2D eigenvalue weighted by Crippen LogP contribution is -2.43. The number of thiophene rings is 2. The van der Waals surface area contributed by atoms with Gasteiger partial charge in [-0.05, 0) is 31.3 Å². The molecular formula is C25H23Cl2N5OS2. The van der Waals surface area contributed by atoms with Crippen molar-refractivity contribution in [2.24, 2.45) is 0 Å². The van der Waals surface area contributed by atoms with Gasteiger partial charge in [0.1, 0.15) is 11.8 Å². The summed E-state index contributed by atoms with van der Waals surface area (Å²) in [4.78, 5) is 13.1. The Balaban J connectivity index is 1.46. The van der Waals surface area contributed by atoms with E-state index < -0.39 is 0 Å². The number of fused-ring (bicyclic) bond motifs is 1. The number of hydrogen-bond donors (Lipinski definition) is 1. The number of benzene rings is 1. The smallest absolute Gasteiger partial charge is 0.139 e. The van der Waals surface area contributed by atoms with Crippen LogP contribution in [0.5, 0.6) is 5.75 Å². The number of likely N-dealkylation sites (N-methyl/N-ethyl adjacent to an activating group) is 1. The molecule has 4 aromatic rings. The van der Waals surface area contributed by atoms with E-state index in [0.29, 0.717) is 32.7 Å². The van der Waals surface area contributed by atoms with E-state index in [4.69, 9.17) is 27.9 Å². The minimum atomic E-state index is 0.423. The highest BCUT2D eigenvalue weighted by Crippen LogP contribution is 2.43. The van der Waals surface area contributed by atoms with Crippen LogP contribution < -0.4 is 10.1 Å². The zero-order valence-corrected chi connectivity index (χ0v) is 22.4. The fraction of sp³-hybridized carbons (Fsp3) is 0.280. The maximum atomic E-state index is 9.76. The van der Waals surface area contributed by atoms with Gasteiger partial charge in [-0.3, -0.25) is 9.88 Å². The molecule has 1 fully saturated rings. The minimum Gasteiger partial charge on any atom is -0.495 e. The number of ether oxygens (including phenoxy) is 1. The Labute approximate surface area is 222 Å². The molecule has 0 radical (unpaired) electrons. The third-order valence-electron chi connectivity index (χ3n) is 6.04. The quantitative estimate of drug-likeness (QED) is 0.291. The molecule has 0 bridgehead atoms. The van der Waals surface area contributed by atoms with Gasteiger partial charge in [0, 0.05) is 59.6 Å². The Bertz CT molecular complexity index is 1420. The van der Waals surface area contributed by atoms with Gasteiger partial charge in [-0.15, -0.1) is 22.7 Å². The topological polar surface area (TPSA) is 64.4 Å². The van der Waals surface area contributed by atoms with Gasteiger partial charge in [0.05, 0.1) is 44.3 Å². The number of anilines is 2. The summed E-state index contributed by atoms with van der Waals surface area (Å²) in [5, 5.41) is 14.0. The summed E-state index contributed by atoms with van der Waals surface area (Å²) in [6, 6.07) is 12.1. The largest absolute Gasteiger partial charge is 0.495 e. The standard InChI is InChI=1S/C25H23Cl2N5OS2/c1-31-5-7-32(8-6-31)14-16-3-4-22(34-16)23-11-20-25(35-23)24(15(12-28)13-29-20)30-19-10-21(33-2)18(27)9-17(19)26/h3-4,9-11,13H,5-8,14H2,1-2H3,(H,29,30). The second-order valence-electron chi connectivity index (χ2n) is 8.42. The highest BCUT2D eigenvalue weighted by atomic mass is 35.5. The number of hydrogen-bond acceptors (Lipinski definition) is 8. The van der Waals surface area contributed by atoms with E-state index >= 15 is 0 Å². The van der Waals surface area contributed by atoms with Crippen molar-refractivity contribution in [1.29, 1.82) is 5.26 Å². The number of nitriles is 1. The molecule has 1 saturated heterocycles. The third-order valence-corrected chi connectivity index (χ3v) is 9.06. The molecule has 3 aromatic heterocycles. The zero-order chi connectivity index (χ0) is 24.5. The fourth-order valence-corrected chi connectivity index (χ4v) is 6.80. The van der Waals surface area contributed by atoms with E-state index in [1.54, 1.807) is 36.8 Å². The molecule has 4 heterocycles. The molecule has 0 spiro atoms. The van der Waals surface area contributed by atoms with Crippen molar-refractivity contribution in [2.45, 2.75) is 6.54 Å². The Morgan fingerprint density at radius 3 is 2.63 bits per heavy atom. The molecule has 180 valence electrons. The maximum absolute atomic E-state index is 9.76. The number of nitrogens with zero attached hydrogens (tertiary/aromatic N) is 4. The number of pyridine rings is 1. The van der Waals surface area contributed by atoms with Crippen LogP contribution in [0.3, 0.4) is 0 Å². The van der Waals surface area contributed by atoms with Crippen molar-refractivity contribution in [2.75, 3.05) is 45.7 Å². The highest BCUT2D eigenvalue weighted by molar-refractivity contribution is 7.26. The first-order valence-electron chi connectivity index (χ1n) is 11.1. The summed E-state index contributed by atoms with van der Waals surface area (Å²) in [7, 11) is 3.73. The molecule has 0 amide bonds. The van der Waals surface area contributed by atoms with Crippen LogP contribution in [-0.2, 0) is 6.54 Å². The SMILES string of the molecule is COc1cc(Nc2c(C#N)cnc3cc(-c4ccc(CN5CCN(C)CC5)s4)sc23)c(Cl)cc1Cl. The van der Waals surface area contributed by atoms with Gasteiger partial charge >= 0.3 is 0 Å². The lowest BCUT2D eigenvalue weighted by Gasteiger charge is -2.31. The van der Waals surface area contributed by atoms with Crippen molar-refractivity contribution in [3.63, 3.8) is 0 Å². The number of piperazine rings is 1. The summed E-state index contributed by atoms with van der Waals surface area (Å²) in [5.41, 5.74) is 2.56. The summed E-state index contributed by atoms with van der Waals surface area (Å²) in [6.45, 7) is 5.40. The maximum Gasteiger partial charge on any atom is 0.139 e. The van der Waals surface area contributed by atoms with Crippen molar-refractivity contribution >= 4 is 67.5 Å².